The molecule has 0 aliphatic carbocycles. The van der Waals surface area contributed by atoms with Gasteiger partial charge in [0.1, 0.15) is 11.3 Å². The number of H-pyrrole nitrogens is 1. The Balaban J connectivity index is 1.63. The predicted octanol–water partition coefficient (Wildman–Crippen LogP) is 2.66. The van der Waals surface area contributed by atoms with Crippen molar-refractivity contribution in [2.24, 2.45) is 0 Å². The number of amides is 1. The van der Waals surface area contributed by atoms with Crippen molar-refractivity contribution in [1.82, 2.24) is 19.8 Å². The van der Waals surface area contributed by atoms with Crippen LogP contribution in [0, 0.1) is 13.8 Å². The maximum absolute atomic E-state index is 12.6. The average Bonchev–Trinajstić information content (AvgIpc) is 3.25. The molecule has 4 aromatic rings. The maximum atomic E-state index is 12.6. The van der Waals surface area contributed by atoms with Crippen molar-refractivity contribution in [2.45, 2.75) is 26.7 Å². The molecule has 4 rings (SSSR count). The first-order valence-electron chi connectivity index (χ1n) is 8.91. The number of aryl methyl sites for hydroxylation is 3. The second-order valence-electron chi connectivity index (χ2n) is 6.55. The van der Waals surface area contributed by atoms with Crippen molar-refractivity contribution >= 4 is 17.2 Å². The van der Waals surface area contributed by atoms with Crippen LogP contribution in [0.15, 0.2) is 51.9 Å². The quantitative estimate of drug-likeness (QED) is 0.556. The Morgan fingerprint density at radius 1 is 1.21 bits per heavy atom. The topological polar surface area (TPSA) is 105 Å². The summed E-state index contributed by atoms with van der Waals surface area (Å²) >= 11 is 0. The molecule has 8 heteroatoms. The van der Waals surface area contributed by atoms with Crippen molar-refractivity contribution in [2.75, 3.05) is 5.32 Å². The first kappa shape index (κ1) is 17.7. The van der Waals surface area contributed by atoms with Crippen LogP contribution >= 0.6 is 0 Å². The number of para-hydroxylation sites is 1. The van der Waals surface area contributed by atoms with Gasteiger partial charge in [-0.1, -0.05) is 23.4 Å². The molecule has 0 bridgehead atoms. The lowest BCUT2D eigenvalue weighted by Gasteiger charge is -2.05. The number of nitrogens with one attached hydrogen (secondary N) is 2. The second kappa shape index (κ2) is 7.15. The Hall–Kier alpha value is -3.68. The van der Waals surface area contributed by atoms with Crippen LogP contribution in [0.1, 0.15) is 33.1 Å². The van der Waals surface area contributed by atoms with Gasteiger partial charge >= 0.3 is 0 Å². The first-order valence-corrected chi connectivity index (χ1v) is 8.91. The van der Waals surface area contributed by atoms with Crippen LogP contribution in [0.2, 0.25) is 0 Å². The van der Waals surface area contributed by atoms with Gasteiger partial charge in [-0.05, 0) is 38.8 Å². The number of benzene rings is 1. The zero-order chi connectivity index (χ0) is 19.7. The summed E-state index contributed by atoms with van der Waals surface area (Å²) < 4.78 is 6.44. The molecule has 0 spiro atoms. The molecule has 142 valence electrons. The van der Waals surface area contributed by atoms with E-state index in [4.69, 9.17) is 4.52 Å². The number of hydrogen-bond donors (Lipinski definition) is 2. The molecule has 0 saturated carbocycles. The lowest BCUT2D eigenvalue weighted by molar-refractivity contribution is 0.102. The first-order chi connectivity index (χ1) is 13.5. The lowest BCUT2D eigenvalue weighted by atomic mass is 10.1. The average molecular weight is 377 g/mol. The van der Waals surface area contributed by atoms with Crippen LogP contribution in [0.3, 0.4) is 0 Å². The number of nitrogens with zero attached hydrogens (tertiary/aromatic N) is 3. The van der Waals surface area contributed by atoms with E-state index in [-0.39, 0.29) is 11.5 Å². The fourth-order valence-corrected chi connectivity index (χ4v) is 3.16. The number of rotatable bonds is 5. The van der Waals surface area contributed by atoms with E-state index in [2.05, 4.69) is 20.6 Å². The van der Waals surface area contributed by atoms with Crippen molar-refractivity contribution in [3.05, 3.63) is 81.2 Å². The van der Waals surface area contributed by atoms with Gasteiger partial charge in [0, 0.05) is 29.2 Å². The molecular formula is C20H19N5O3. The minimum Gasteiger partial charge on any atom is -0.361 e. The van der Waals surface area contributed by atoms with Gasteiger partial charge in [0.2, 0.25) is 0 Å². The van der Waals surface area contributed by atoms with E-state index in [9.17, 15) is 9.59 Å². The van der Waals surface area contributed by atoms with Gasteiger partial charge in [-0.3, -0.25) is 14.7 Å². The molecule has 28 heavy (non-hydrogen) atoms. The third-order valence-electron chi connectivity index (χ3n) is 4.64. The molecule has 1 aromatic carbocycles. The molecule has 0 fully saturated rings. The highest BCUT2D eigenvalue weighted by Crippen LogP contribution is 2.16. The van der Waals surface area contributed by atoms with Gasteiger partial charge in [0.05, 0.1) is 5.69 Å². The fourth-order valence-electron chi connectivity index (χ4n) is 3.16. The second-order valence-corrected chi connectivity index (χ2v) is 6.55. The molecule has 3 aromatic heterocycles. The number of anilines is 1. The monoisotopic (exact) mass is 377 g/mol. The molecule has 0 aliphatic heterocycles. The van der Waals surface area contributed by atoms with Crippen LogP contribution in [-0.4, -0.2) is 25.7 Å². The molecule has 0 atom stereocenters. The Labute approximate surface area is 160 Å². The molecule has 0 radical (unpaired) electrons. The van der Waals surface area contributed by atoms with Gasteiger partial charge in [0.15, 0.2) is 5.65 Å². The summed E-state index contributed by atoms with van der Waals surface area (Å²) in [5.74, 6) is 0.430. The number of aromatic nitrogens is 4. The third kappa shape index (κ3) is 3.32. The molecule has 8 nitrogen and oxygen atoms in total. The maximum Gasteiger partial charge on any atom is 0.272 e. The van der Waals surface area contributed by atoms with E-state index in [1.807, 2.05) is 32.0 Å². The zero-order valence-electron chi connectivity index (χ0n) is 15.5. The Morgan fingerprint density at radius 3 is 2.71 bits per heavy atom. The summed E-state index contributed by atoms with van der Waals surface area (Å²) in [5.41, 5.74) is 3.47. The number of hydrogen-bond acceptors (Lipinski definition) is 5. The number of fused-ring (bicyclic) bond motifs is 1. The van der Waals surface area contributed by atoms with Crippen molar-refractivity contribution in [3.8, 4) is 0 Å². The Kier molecular flexibility index (Phi) is 4.52. The molecule has 1 amide bonds. The summed E-state index contributed by atoms with van der Waals surface area (Å²) in [4.78, 5) is 29.6. The molecule has 2 N–H and O–H groups in total. The normalized spacial score (nSPS) is 11.1. The molecule has 0 aliphatic rings. The zero-order valence-corrected chi connectivity index (χ0v) is 15.5. The van der Waals surface area contributed by atoms with Crippen molar-refractivity contribution < 1.29 is 9.32 Å². The summed E-state index contributed by atoms with van der Waals surface area (Å²) in [6, 6.07) is 10.6. The Morgan fingerprint density at radius 2 is 2.00 bits per heavy atom. The highest BCUT2D eigenvalue weighted by atomic mass is 16.5. The van der Waals surface area contributed by atoms with Crippen LogP contribution in [0.5, 0.6) is 0 Å². The third-order valence-corrected chi connectivity index (χ3v) is 4.64. The molecule has 0 saturated heterocycles. The molecule has 0 unspecified atom stereocenters. The number of aromatic amines is 1. The van der Waals surface area contributed by atoms with E-state index in [0.717, 1.165) is 17.0 Å². The van der Waals surface area contributed by atoms with Crippen LogP contribution in [0.25, 0.3) is 5.65 Å². The van der Waals surface area contributed by atoms with E-state index in [1.165, 1.54) is 16.8 Å². The van der Waals surface area contributed by atoms with Crippen LogP contribution in [0.4, 0.5) is 5.69 Å². The number of carbonyl (C=O) groups excluding carboxylic acids is 1. The van der Waals surface area contributed by atoms with Crippen molar-refractivity contribution in [1.29, 1.82) is 0 Å². The minimum atomic E-state index is -0.334. The smallest absolute Gasteiger partial charge is 0.272 e. The van der Waals surface area contributed by atoms with E-state index in [0.29, 0.717) is 35.4 Å². The summed E-state index contributed by atoms with van der Waals surface area (Å²) in [7, 11) is 0. The van der Waals surface area contributed by atoms with Gasteiger partial charge in [-0.15, -0.1) is 0 Å². The van der Waals surface area contributed by atoms with E-state index < -0.39 is 0 Å². The van der Waals surface area contributed by atoms with Gasteiger partial charge in [-0.25, -0.2) is 9.50 Å². The summed E-state index contributed by atoms with van der Waals surface area (Å²) in [6.07, 6.45) is 2.68. The van der Waals surface area contributed by atoms with Crippen molar-refractivity contribution in [3.63, 3.8) is 0 Å². The van der Waals surface area contributed by atoms with E-state index >= 15 is 0 Å². The highest BCUT2D eigenvalue weighted by Gasteiger charge is 2.16. The Bertz CT molecular complexity index is 1180. The van der Waals surface area contributed by atoms with Gasteiger partial charge in [0.25, 0.3) is 11.5 Å². The summed E-state index contributed by atoms with van der Waals surface area (Å²) in [6.45, 7) is 3.74. The predicted molar refractivity (Wildman–Crippen MR) is 104 cm³/mol. The lowest BCUT2D eigenvalue weighted by Crippen LogP contribution is -2.18. The minimum absolute atomic E-state index is 0.266. The van der Waals surface area contributed by atoms with Gasteiger partial charge in [-0.2, -0.15) is 0 Å². The van der Waals surface area contributed by atoms with Crippen LogP contribution in [-0.2, 0) is 12.8 Å². The molecule has 3 heterocycles. The van der Waals surface area contributed by atoms with Gasteiger partial charge < -0.3 is 9.84 Å². The summed E-state index contributed by atoms with van der Waals surface area (Å²) in [5, 5.41) is 9.55. The number of carbonyl (C=O) groups is 1. The fraction of sp³-hybridized carbons (Fsp3) is 0.200. The molecular weight excluding hydrogens is 358 g/mol. The highest BCUT2D eigenvalue weighted by molar-refractivity contribution is 6.08. The van der Waals surface area contributed by atoms with E-state index in [1.54, 1.807) is 12.1 Å². The van der Waals surface area contributed by atoms with Crippen LogP contribution < -0.4 is 10.9 Å². The standard InChI is InChI=1S/C20H19N5O3/c1-12-16(13(2)28-24-12)9-8-15-10-18(26)25-19(22-15)17(11-21-25)20(27)23-14-6-4-3-5-7-14/h3-7,10-11,21H,8-9H2,1-2H3,(H,23,27). The SMILES string of the molecule is Cc1noc(C)c1CCc1cc(=O)n2[nH]cc(C(=O)Nc3ccccc3)c2n1. The largest absolute Gasteiger partial charge is 0.361 e.